The van der Waals surface area contributed by atoms with Gasteiger partial charge in [0.05, 0.1) is 0 Å². The number of carboxylic acid groups (broad SMARTS) is 1. The molecule has 1 unspecified atom stereocenters. The van der Waals surface area contributed by atoms with Gasteiger partial charge < -0.3 is 5.11 Å². The summed E-state index contributed by atoms with van der Waals surface area (Å²) in [6, 6.07) is 10.3. The zero-order valence-corrected chi connectivity index (χ0v) is 11.6. The molecule has 0 aliphatic carbocycles. The number of carboxylic acids is 1. The number of hydrogen-bond donors (Lipinski definition) is 1. The van der Waals surface area contributed by atoms with E-state index in [1.165, 1.54) is 5.56 Å². The molecule has 20 heavy (non-hydrogen) atoms. The number of likely N-dealkylation sites (tertiary alicyclic amines) is 1. The van der Waals surface area contributed by atoms with Crippen molar-refractivity contribution in [1.29, 1.82) is 0 Å². The molecule has 1 fully saturated rings. The van der Waals surface area contributed by atoms with E-state index >= 15 is 0 Å². The highest BCUT2D eigenvalue weighted by atomic mass is 16.4. The van der Waals surface area contributed by atoms with Gasteiger partial charge in [0, 0.05) is 19.5 Å². The second-order valence-corrected chi connectivity index (χ2v) is 5.54. The molecular weight excluding hydrogens is 254 g/mol. The molecule has 2 rings (SSSR count). The lowest BCUT2D eigenvalue weighted by Crippen LogP contribution is -2.35. The SMILES string of the molecule is O=C(O)CC(=O)CC1CCCN(Cc2ccccc2)C1. The lowest BCUT2D eigenvalue weighted by atomic mass is 9.92. The van der Waals surface area contributed by atoms with E-state index < -0.39 is 5.97 Å². The molecule has 1 aromatic carbocycles. The number of benzene rings is 1. The summed E-state index contributed by atoms with van der Waals surface area (Å²) in [6.45, 7) is 2.85. The van der Waals surface area contributed by atoms with Gasteiger partial charge in [-0.15, -0.1) is 0 Å². The zero-order valence-electron chi connectivity index (χ0n) is 11.6. The quantitative estimate of drug-likeness (QED) is 0.810. The Labute approximate surface area is 119 Å². The van der Waals surface area contributed by atoms with Crippen LogP contribution in [0.1, 0.15) is 31.2 Å². The Morgan fingerprint density at radius 1 is 1.25 bits per heavy atom. The Hall–Kier alpha value is -1.68. The van der Waals surface area contributed by atoms with Crippen LogP contribution in [0.5, 0.6) is 0 Å². The van der Waals surface area contributed by atoms with E-state index in [1.54, 1.807) is 0 Å². The van der Waals surface area contributed by atoms with Gasteiger partial charge in [-0.2, -0.15) is 0 Å². The first-order valence-electron chi connectivity index (χ1n) is 7.13. The highest BCUT2D eigenvalue weighted by Crippen LogP contribution is 2.22. The average Bonchev–Trinajstić information content (AvgIpc) is 2.39. The summed E-state index contributed by atoms with van der Waals surface area (Å²) in [4.78, 5) is 24.5. The fourth-order valence-corrected chi connectivity index (χ4v) is 2.87. The van der Waals surface area contributed by atoms with Gasteiger partial charge in [0.2, 0.25) is 0 Å². The van der Waals surface area contributed by atoms with E-state index in [1.807, 2.05) is 18.2 Å². The average molecular weight is 275 g/mol. The minimum atomic E-state index is -1.02. The maximum absolute atomic E-state index is 11.6. The Kier molecular flexibility index (Phi) is 5.30. The van der Waals surface area contributed by atoms with Gasteiger partial charge in [0.15, 0.2) is 0 Å². The monoisotopic (exact) mass is 275 g/mol. The summed E-state index contributed by atoms with van der Waals surface area (Å²) in [5.74, 6) is -0.865. The molecule has 0 bridgehead atoms. The third-order valence-corrected chi connectivity index (χ3v) is 3.72. The van der Waals surface area contributed by atoms with Gasteiger partial charge in [0.25, 0.3) is 0 Å². The van der Waals surface area contributed by atoms with Crippen molar-refractivity contribution in [2.75, 3.05) is 13.1 Å². The van der Waals surface area contributed by atoms with Crippen LogP contribution in [0, 0.1) is 5.92 Å². The van der Waals surface area contributed by atoms with E-state index in [9.17, 15) is 9.59 Å². The minimum absolute atomic E-state index is 0.149. The summed E-state index contributed by atoms with van der Waals surface area (Å²) < 4.78 is 0. The van der Waals surface area contributed by atoms with Gasteiger partial charge >= 0.3 is 5.97 Å². The van der Waals surface area contributed by atoms with E-state index in [0.29, 0.717) is 12.3 Å². The number of Topliss-reactive ketones (excluding diaryl/α,β-unsaturated/α-hetero) is 1. The van der Waals surface area contributed by atoms with E-state index in [-0.39, 0.29) is 12.2 Å². The molecule has 0 spiro atoms. The van der Waals surface area contributed by atoms with Gasteiger partial charge in [-0.1, -0.05) is 30.3 Å². The van der Waals surface area contributed by atoms with Crippen molar-refractivity contribution in [3.8, 4) is 0 Å². The number of hydrogen-bond acceptors (Lipinski definition) is 3. The first kappa shape index (κ1) is 14.7. The molecule has 108 valence electrons. The van der Waals surface area contributed by atoms with Crippen LogP contribution < -0.4 is 0 Å². The number of ketones is 1. The molecule has 4 nitrogen and oxygen atoms in total. The van der Waals surface area contributed by atoms with Crippen molar-refractivity contribution in [1.82, 2.24) is 4.90 Å². The van der Waals surface area contributed by atoms with Crippen molar-refractivity contribution in [2.24, 2.45) is 5.92 Å². The number of piperidine rings is 1. The Morgan fingerprint density at radius 2 is 2.00 bits per heavy atom. The Morgan fingerprint density at radius 3 is 2.70 bits per heavy atom. The van der Waals surface area contributed by atoms with E-state index in [4.69, 9.17) is 5.11 Å². The number of nitrogens with zero attached hydrogens (tertiary/aromatic N) is 1. The molecular formula is C16H21NO3. The normalized spacial score (nSPS) is 19.7. The lowest BCUT2D eigenvalue weighted by Gasteiger charge is -2.32. The fourth-order valence-electron chi connectivity index (χ4n) is 2.87. The van der Waals surface area contributed by atoms with Crippen LogP contribution in [-0.2, 0) is 16.1 Å². The second-order valence-electron chi connectivity index (χ2n) is 5.54. The topological polar surface area (TPSA) is 57.6 Å². The largest absolute Gasteiger partial charge is 0.481 e. The number of carbonyl (C=O) groups is 2. The second kappa shape index (κ2) is 7.20. The predicted octanol–water partition coefficient (Wildman–Crippen LogP) is 2.33. The Bertz CT molecular complexity index is 458. The number of aliphatic carboxylic acids is 1. The number of rotatable bonds is 6. The molecule has 4 heteroatoms. The van der Waals surface area contributed by atoms with Gasteiger partial charge in [0.1, 0.15) is 12.2 Å². The molecule has 1 atom stereocenters. The highest BCUT2D eigenvalue weighted by molar-refractivity contribution is 5.94. The van der Waals surface area contributed by atoms with Crippen molar-refractivity contribution in [3.05, 3.63) is 35.9 Å². The van der Waals surface area contributed by atoms with E-state index in [0.717, 1.165) is 32.5 Å². The smallest absolute Gasteiger partial charge is 0.310 e. The summed E-state index contributed by atoms with van der Waals surface area (Å²) in [5, 5.41) is 8.63. The summed E-state index contributed by atoms with van der Waals surface area (Å²) >= 11 is 0. The number of carbonyl (C=O) groups excluding carboxylic acids is 1. The molecule has 0 amide bonds. The zero-order chi connectivity index (χ0) is 14.4. The first-order chi connectivity index (χ1) is 9.63. The molecule has 0 saturated carbocycles. The fraction of sp³-hybridized carbons (Fsp3) is 0.500. The Balaban J connectivity index is 1.82. The summed E-state index contributed by atoms with van der Waals surface area (Å²) in [5.41, 5.74) is 1.28. The lowest BCUT2D eigenvalue weighted by molar-refractivity contribution is -0.140. The third-order valence-electron chi connectivity index (χ3n) is 3.72. The molecule has 0 radical (unpaired) electrons. The molecule has 1 aliphatic heterocycles. The molecule has 0 aromatic heterocycles. The van der Waals surface area contributed by atoms with Crippen LogP contribution in [0.2, 0.25) is 0 Å². The standard InChI is InChI=1S/C16H21NO3/c18-15(10-16(19)20)9-14-7-4-8-17(12-14)11-13-5-2-1-3-6-13/h1-3,5-6,14H,4,7-12H2,(H,19,20). The van der Waals surface area contributed by atoms with Crippen LogP contribution >= 0.6 is 0 Å². The molecule has 1 saturated heterocycles. The van der Waals surface area contributed by atoms with Crippen molar-refractivity contribution in [3.63, 3.8) is 0 Å². The third kappa shape index (κ3) is 4.78. The van der Waals surface area contributed by atoms with Crippen LogP contribution in [0.4, 0.5) is 0 Å². The van der Waals surface area contributed by atoms with Gasteiger partial charge in [-0.3, -0.25) is 14.5 Å². The van der Waals surface area contributed by atoms with Gasteiger partial charge in [-0.25, -0.2) is 0 Å². The maximum atomic E-state index is 11.6. The van der Waals surface area contributed by atoms with Crippen LogP contribution in [-0.4, -0.2) is 34.8 Å². The first-order valence-corrected chi connectivity index (χ1v) is 7.13. The predicted molar refractivity (Wildman–Crippen MR) is 76.3 cm³/mol. The molecule has 1 heterocycles. The summed E-state index contributed by atoms with van der Waals surface area (Å²) in [7, 11) is 0. The molecule has 1 N–H and O–H groups in total. The van der Waals surface area contributed by atoms with E-state index in [2.05, 4.69) is 17.0 Å². The molecule has 1 aliphatic rings. The highest BCUT2D eigenvalue weighted by Gasteiger charge is 2.22. The summed E-state index contributed by atoms with van der Waals surface area (Å²) in [6.07, 6.45) is 2.17. The molecule has 1 aromatic rings. The van der Waals surface area contributed by atoms with Crippen molar-refractivity contribution >= 4 is 11.8 Å². The van der Waals surface area contributed by atoms with Gasteiger partial charge in [-0.05, 0) is 30.9 Å². The van der Waals surface area contributed by atoms with Crippen molar-refractivity contribution < 1.29 is 14.7 Å². The minimum Gasteiger partial charge on any atom is -0.481 e. The van der Waals surface area contributed by atoms with Crippen molar-refractivity contribution in [2.45, 2.75) is 32.2 Å². The van der Waals surface area contributed by atoms with Crippen LogP contribution in [0.25, 0.3) is 0 Å². The maximum Gasteiger partial charge on any atom is 0.310 e. The van der Waals surface area contributed by atoms with Crippen LogP contribution in [0.3, 0.4) is 0 Å². The van der Waals surface area contributed by atoms with Crippen LogP contribution in [0.15, 0.2) is 30.3 Å².